The van der Waals surface area contributed by atoms with E-state index in [0.29, 0.717) is 9.93 Å². The molecule has 0 saturated carbocycles. The predicted octanol–water partition coefficient (Wildman–Crippen LogP) is 4.47. The minimum Gasteiger partial charge on any atom is -0.352 e. The van der Waals surface area contributed by atoms with Gasteiger partial charge in [-0.25, -0.2) is 4.98 Å². The van der Waals surface area contributed by atoms with Gasteiger partial charge in [-0.15, -0.1) is 0 Å². The Morgan fingerprint density at radius 1 is 1.07 bits per heavy atom. The molecule has 0 spiro atoms. The average Bonchev–Trinajstić information content (AvgIpc) is 3.09. The number of amides is 1. The molecule has 0 N–H and O–H groups in total. The Morgan fingerprint density at radius 2 is 1.79 bits per heavy atom. The molecule has 0 aliphatic carbocycles. The van der Waals surface area contributed by atoms with Crippen molar-refractivity contribution in [2.24, 2.45) is 4.99 Å². The number of pyridine rings is 1. The molecule has 1 aromatic heterocycles. The van der Waals surface area contributed by atoms with Gasteiger partial charge in [0.25, 0.3) is 5.91 Å². The lowest BCUT2D eigenvalue weighted by molar-refractivity contribution is -0.113. The Kier molecular flexibility index (Phi) is 6.02. The maximum Gasteiger partial charge on any atom is 0.286 e. The predicted molar refractivity (Wildman–Crippen MR) is 121 cm³/mol. The zero-order valence-corrected chi connectivity index (χ0v) is 17.7. The first-order chi connectivity index (χ1) is 14.1. The van der Waals surface area contributed by atoms with Gasteiger partial charge in [0.1, 0.15) is 5.82 Å². The van der Waals surface area contributed by atoms with Crippen LogP contribution in [0.15, 0.2) is 70.2 Å². The van der Waals surface area contributed by atoms with Crippen molar-refractivity contribution in [2.45, 2.75) is 6.92 Å². The fourth-order valence-electron chi connectivity index (χ4n) is 3.31. The topological polar surface area (TPSA) is 48.8 Å². The molecule has 2 aliphatic heterocycles. The van der Waals surface area contributed by atoms with Gasteiger partial charge < -0.3 is 9.80 Å². The summed E-state index contributed by atoms with van der Waals surface area (Å²) >= 11 is 7.71. The molecule has 0 radical (unpaired) electrons. The van der Waals surface area contributed by atoms with E-state index in [1.807, 2.05) is 55.5 Å². The van der Waals surface area contributed by atoms with E-state index < -0.39 is 0 Å². The SMILES string of the molecule is CC(=Cc1ccccc1)C=C1SC(N2CCN(c3ncccc3Cl)CC2)=NC1=O. The van der Waals surface area contributed by atoms with E-state index >= 15 is 0 Å². The molecule has 0 atom stereocenters. The summed E-state index contributed by atoms with van der Waals surface area (Å²) < 4.78 is 0. The van der Waals surface area contributed by atoms with Crippen LogP contribution in [0.5, 0.6) is 0 Å². The van der Waals surface area contributed by atoms with Crippen molar-refractivity contribution in [1.29, 1.82) is 0 Å². The molecule has 5 nitrogen and oxygen atoms in total. The Bertz CT molecular complexity index is 995. The van der Waals surface area contributed by atoms with Gasteiger partial charge in [0.15, 0.2) is 5.17 Å². The van der Waals surface area contributed by atoms with E-state index in [0.717, 1.165) is 48.3 Å². The second-order valence-electron chi connectivity index (χ2n) is 6.89. The number of aliphatic imine (C=N–C) groups is 1. The third-order valence-corrected chi connectivity index (χ3v) is 6.09. The number of nitrogens with zero attached hydrogens (tertiary/aromatic N) is 4. The molecule has 1 saturated heterocycles. The summed E-state index contributed by atoms with van der Waals surface area (Å²) in [6.07, 6.45) is 5.74. The molecular weight excluding hydrogens is 404 g/mol. The van der Waals surface area contributed by atoms with Crippen molar-refractivity contribution in [2.75, 3.05) is 31.1 Å². The van der Waals surface area contributed by atoms with Gasteiger partial charge in [-0.2, -0.15) is 4.99 Å². The van der Waals surface area contributed by atoms with Crippen molar-refractivity contribution in [3.05, 3.63) is 75.8 Å². The van der Waals surface area contributed by atoms with E-state index in [9.17, 15) is 4.79 Å². The van der Waals surface area contributed by atoms with Crippen LogP contribution in [0.1, 0.15) is 12.5 Å². The van der Waals surface area contributed by atoms with Gasteiger partial charge in [-0.3, -0.25) is 4.79 Å². The number of thioether (sulfide) groups is 1. The molecule has 1 amide bonds. The van der Waals surface area contributed by atoms with Crippen molar-refractivity contribution < 1.29 is 4.79 Å². The molecule has 0 unspecified atom stereocenters. The van der Waals surface area contributed by atoms with Gasteiger partial charge >= 0.3 is 0 Å². The first-order valence-electron chi connectivity index (χ1n) is 9.46. The minimum absolute atomic E-state index is 0.166. The smallest absolute Gasteiger partial charge is 0.286 e. The second kappa shape index (κ2) is 8.84. The first kappa shape index (κ1) is 19.7. The molecule has 3 heterocycles. The number of benzene rings is 1. The summed E-state index contributed by atoms with van der Waals surface area (Å²) in [5.74, 6) is 0.647. The van der Waals surface area contributed by atoms with Crippen LogP contribution in [0.3, 0.4) is 0 Å². The summed E-state index contributed by atoms with van der Waals surface area (Å²) in [5.41, 5.74) is 2.14. The Hall–Kier alpha value is -2.57. The number of hydrogen-bond donors (Lipinski definition) is 0. The van der Waals surface area contributed by atoms with Crippen LogP contribution in [0.2, 0.25) is 5.02 Å². The summed E-state index contributed by atoms with van der Waals surface area (Å²) in [6.45, 7) is 5.13. The summed E-state index contributed by atoms with van der Waals surface area (Å²) in [4.78, 5) is 26.0. The van der Waals surface area contributed by atoms with Crippen LogP contribution < -0.4 is 4.90 Å². The largest absolute Gasteiger partial charge is 0.352 e. The van der Waals surface area contributed by atoms with Crippen LogP contribution in [-0.2, 0) is 4.79 Å². The van der Waals surface area contributed by atoms with E-state index in [2.05, 4.69) is 25.9 Å². The van der Waals surface area contributed by atoms with Crippen molar-refractivity contribution in [1.82, 2.24) is 9.88 Å². The summed E-state index contributed by atoms with van der Waals surface area (Å²) in [6, 6.07) is 13.8. The van der Waals surface area contributed by atoms with Gasteiger partial charge in [-0.05, 0) is 48.0 Å². The number of carbonyl (C=O) groups is 1. The quantitative estimate of drug-likeness (QED) is 0.680. The first-order valence-corrected chi connectivity index (χ1v) is 10.7. The van der Waals surface area contributed by atoms with Crippen LogP contribution >= 0.6 is 23.4 Å². The summed E-state index contributed by atoms with van der Waals surface area (Å²) in [7, 11) is 0. The zero-order valence-electron chi connectivity index (χ0n) is 16.1. The molecule has 0 bridgehead atoms. The number of halogens is 1. The molecule has 2 aromatic rings. The molecule has 29 heavy (non-hydrogen) atoms. The fraction of sp³-hybridized carbons (Fsp3) is 0.227. The molecule has 1 fully saturated rings. The van der Waals surface area contributed by atoms with Crippen molar-refractivity contribution in [3.63, 3.8) is 0 Å². The molecule has 2 aliphatic rings. The lowest BCUT2D eigenvalue weighted by Crippen LogP contribution is -2.48. The Morgan fingerprint density at radius 3 is 2.52 bits per heavy atom. The normalized spacial score (nSPS) is 19.1. The van der Waals surface area contributed by atoms with E-state index in [1.165, 1.54) is 11.8 Å². The molecular formula is C22H21ClN4OS. The highest BCUT2D eigenvalue weighted by Gasteiger charge is 2.29. The number of rotatable bonds is 3. The molecule has 7 heteroatoms. The lowest BCUT2D eigenvalue weighted by Gasteiger charge is -2.36. The van der Waals surface area contributed by atoms with E-state index in [-0.39, 0.29) is 5.91 Å². The highest BCUT2D eigenvalue weighted by molar-refractivity contribution is 8.18. The highest BCUT2D eigenvalue weighted by Crippen LogP contribution is 2.31. The maximum absolute atomic E-state index is 12.4. The third-order valence-electron chi connectivity index (χ3n) is 4.75. The van der Waals surface area contributed by atoms with Gasteiger partial charge in [0, 0.05) is 32.4 Å². The molecule has 1 aromatic carbocycles. The molecule has 4 rings (SSSR count). The van der Waals surface area contributed by atoms with Gasteiger partial charge in [0.05, 0.1) is 9.93 Å². The second-order valence-corrected chi connectivity index (χ2v) is 8.31. The number of anilines is 1. The van der Waals surface area contributed by atoms with Crippen LogP contribution in [-0.4, -0.2) is 47.1 Å². The maximum atomic E-state index is 12.4. The Balaban J connectivity index is 1.39. The van der Waals surface area contributed by atoms with E-state index in [4.69, 9.17) is 11.6 Å². The Labute approximate surface area is 179 Å². The zero-order chi connectivity index (χ0) is 20.2. The van der Waals surface area contributed by atoms with Gasteiger partial charge in [0.2, 0.25) is 0 Å². The number of carbonyl (C=O) groups excluding carboxylic acids is 1. The van der Waals surface area contributed by atoms with Crippen molar-refractivity contribution >= 4 is 46.3 Å². The number of aromatic nitrogens is 1. The van der Waals surface area contributed by atoms with Crippen LogP contribution in [0, 0.1) is 0 Å². The standard InChI is InChI=1S/C22H21ClN4OS/c1-16(14-17-6-3-2-4-7-17)15-19-21(28)25-22(29-19)27-12-10-26(11-13-27)20-18(23)8-5-9-24-20/h2-9,14-15H,10-13H2,1H3. The molecule has 148 valence electrons. The fourth-order valence-corrected chi connectivity index (χ4v) is 4.57. The number of amidine groups is 1. The minimum atomic E-state index is -0.166. The van der Waals surface area contributed by atoms with E-state index in [1.54, 1.807) is 6.20 Å². The van der Waals surface area contributed by atoms with Crippen LogP contribution in [0.4, 0.5) is 5.82 Å². The third kappa shape index (κ3) is 4.71. The number of hydrogen-bond acceptors (Lipinski definition) is 5. The van der Waals surface area contributed by atoms with Crippen LogP contribution in [0.25, 0.3) is 6.08 Å². The average molecular weight is 425 g/mol. The number of allylic oxidation sites excluding steroid dienone is 2. The highest BCUT2D eigenvalue weighted by atomic mass is 35.5. The van der Waals surface area contributed by atoms with Crippen molar-refractivity contribution in [3.8, 4) is 0 Å². The lowest BCUT2D eigenvalue weighted by atomic mass is 10.1. The van der Waals surface area contributed by atoms with Gasteiger partial charge in [-0.1, -0.05) is 48.0 Å². The summed E-state index contributed by atoms with van der Waals surface area (Å²) in [5, 5.41) is 1.44. The number of piperazine rings is 1. The monoisotopic (exact) mass is 424 g/mol.